The highest BCUT2D eigenvalue weighted by molar-refractivity contribution is 5.69. The van der Waals surface area contributed by atoms with E-state index in [0.29, 0.717) is 25.4 Å². The smallest absolute Gasteiger partial charge is 0.306 e. The largest absolute Gasteiger partial charge is 0.465 e. The number of carbonyl (C=O) groups is 1. The van der Waals surface area contributed by atoms with Gasteiger partial charge in [-0.2, -0.15) is 0 Å². The Kier molecular flexibility index (Phi) is 6.26. The Morgan fingerprint density at radius 3 is 2.89 bits per heavy atom. The quantitative estimate of drug-likeness (QED) is 0.596. The lowest BCUT2D eigenvalue weighted by atomic mass is 10.1. The van der Waals surface area contributed by atoms with Crippen molar-refractivity contribution in [3.05, 3.63) is 29.8 Å². The zero-order valence-electron chi connectivity index (χ0n) is 11.3. The van der Waals surface area contributed by atoms with Crippen LogP contribution in [0, 0.1) is 5.92 Å². The van der Waals surface area contributed by atoms with Crippen LogP contribution in [0.3, 0.4) is 0 Å². The van der Waals surface area contributed by atoms with E-state index in [1.54, 1.807) is 0 Å². The van der Waals surface area contributed by atoms with Gasteiger partial charge in [-0.25, -0.2) is 0 Å². The number of anilines is 1. The van der Waals surface area contributed by atoms with Crippen LogP contribution in [0.2, 0.25) is 0 Å². The molecule has 0 amide bonds. The van der Waals surface area contributed by atoms with Gasteiger partial charge in [0.1, 0.15) is 0 Å². The van der Waals surface area contributed by atoms with E-state index in [1.165, 1.54) is 0 Å². The van der Waals surface area contributed by atoms with Crippen LogP contribution in [0.25, 0.3) is 0 Å². The van der Waals surface area contributed by atoms with Crippen LogP contribution in [0.4, 0.5) is 5.69 Å². The van der Waals surface area contributed by atoms with Gasteiger partial charge in [0.2, 0.25) is 0 Å². The summed E-state index contributed by atoms with van der Waals surface area (Å²) in [7, 11) is 0. The minimum absolute atomic E-state index is 0.125. The van der Waals surface area contributed by atoms with Gasteiger partial charge in [-0.1, -0.05) is 32.4 Å². The number of hydrogen-bond donors (Lipinski definition) is 1. The first-order valence-electron chi connectivity index (χ1n) is 6.62. The molecule has 1 aromatic carbocycles. The van der Waals surface area contributed by atoms with E-state index in [9.17, 15) is 4.79 Å². The van der Waals surface area contributed by atoms with Crippen molar-refractivity contribution in [3.63, 3.8) is 0 Å². The fourth-order valence-corrected chi connectivity index (χ4v) is 1.88. The van der Waals surface area contributed by atoms with Gasteiger partial charge in [0, 0.05) is 12.1 Å². The Bertz CT molecular complexity index is 377. The average Bonchev–Trinajstić information content (AvgIpc) is 2.34. The van der Waals surface area contributed by atoms with Crippen LogP contribution in [-0.4, -0.2) is 12.6 Å². The summed E-state index contributed by atoms with van der Waals surface area (Å²) in [4.78, 5) is 11.6. The van der Waals surface area contributed by atoms with Gasteiger partial charge in [0.25, 0.3) is 0 Å². The normalized spacial score (nSPS) is 12.1. The molecule has 0 aliphatic heterocycles. The van der Waals surface area contributed by atoms with Crippen molar-refractivity contribution in [2.45, 2.75) is 39.5 Å². The Morgan fingerprint density at radius 2 is 2.22 bits per heavy atom. The molecule has 1 aromatic rings. The highest BCUT2D eigenvalue weighted by Crippen LogP contribution is 2.10. The van der Waals surface area contributed by atoms with Crippen molar-refractivity contribution in [1.82, 2.24) is 0 Å². The molecule has 3 heteroatoms. The minimum atomic E-state index is -0.125. The lowest BCUT2D eigenvalue weighted by Crippen LogP contribution is -2.12. The van der Waals surface area contributed by atoms with Crippen LogP contribution in [-0.2, 0) is 16.0 Å². The highest BCUT2D eigenvalue weighted by Gasteiger charge is 2.07. The molecule has 0 radical (unpaired) electrons. The van der Waals surface area contributed by atoms with Crippen LogP contribution in [0.15, 0.2) is 24.3 Å². The van der Waals surface area contributed by atoms with E-state index in [-0.39, 0.29) is 5.97 Å². The molecule has 18 heavy (non-hydrogen) atoms. The molecule has 0 fully saturated rings. The summed E-state index contributed by atoms with van der Waals surface area (Å²) in [5.41, 5.74) is 7.49. The molecule has 0 spiro atoms. The SMILES string of the molecule is CCCC(C)COC(=O)CCc1cccc(N)c1. The number of rotatable bonds is 7. The lowest BCUT2D eigenvalue weighted by Gasteiger charge is -2.10. The number of hydrogen-bond acceptors (Lipinski definition) is 3. The maximum atomic E-state index is 11.6. The molecular weight excluding hydrogens is 226 g/mol. The van der Waals surface area contributed by atoms with Gasteiger partial charge >= 0.3 is 5.97 Å². The van der Waals surface area contributed by atoms with E-state index in [0.717, 1.165) is 24.1 Å². The van der Waals surface area contributed by atoms with Crippen LogP contribution >= 0.6 is 0 Å². The zero-order chi connectivity index (χ0) is 13.4. The van der Waals surface area contributed by atoms with Crippen molar-refractivity contribution >= 4 is 11.7 Å². The topological polar surface area (TPSA) is 52.3 Å². The predicted octanol–water partition coefficient (Wildman–Crippen LogP) is 3.18. The van der Waals surface area contributed by atoms with Crippen molar-refractivity contribution in [2.24, 2.45) is 5.92 Å². The molecule has 1 rings (SSSR count). The van der Waals surface area contributed by atoms with Gasteiger partial charge in [0.05, 0.1) is 6.61 Å². The molecule has 0 aromatic heterocycles. The molecule has 1 unspecified atom stereocenters. The van der Waals surface area contributed by atoms with E-state index in [4.69, 9.17) is 10.5 Å². The molecule has 0 bridgehead atoms. The molecule has 0 saturated heterocycles. The molecule has 100 valence electrons. The molecule has 0 aliphatic rings. The van der Waals surface area contributed by atoms with E-state index in [1.807, 2.05) is 24.3 Å². The standard InChI is InChI=1S/C15H23NO2/c1-3-5-12(2)11-18-15(17)9-8-13-6-4-7-14(16)10-13/h4,6-7,10,12H,3,5,8-9,11,16H2,1-2H3. The summed E-state index contributed by atoms with van der Waals surface area (Å²) in [5, 5.41) is 0. The second-order valence-corrected chi connectivity index (χ2v) is 4.82. The zero-order valence-corrected chi connectivity index (χ0v) is 11.3. The van der Waals surface area contributed by atoms with E-state index < -0.39 is 0 Å². The summed E-state index contributed by atoms with van der Waals surface area (Å²) < 4.78 is 5.24. The first-order valence-corrected chi connectivity index (χ1v) is 6.62. The fraction of sp³-hybridized carbons (Fsp3) is 0.533. The second kappa shape index (κ2) is 7.75. The Morgan fingerprint density at radius 1 is 1.44 bits per heavy atom. The summed E-state index contributed by atoms with van der Waals surface area (Å²) in [6.45, 7) is 4.77. The maximum Gasteiger partial charge on any atom is 0.306 e. The summed E-state index contributed by atoms with van der Waals surface area (Å²) in [5.74, 6) is 0.326. The third-order valence-electron chi connectivity index (χ3n) is 2.88. The minimum Gasteiger partial charge on any atom is -0.465 e. The molecule has 2 N–H and O–H groups in total. The van der Waals surface area contributed by atoms with Crippen molar-refractivity contribution in [1.29, 1.82) is 0 Å². The van der Waals surface area contributed by atoms with Gasteiger partial charge in [-0.05, 0) is 36.5 Å². The Hall–Kier alpha value is -1.51. The van der Waals surface area contributed by atoms with Crippen molar-refractivity contribution < 1.29 is 9.53 Å². The number of carbonyl (C=O) groups excluding carboxylic acids is 1. The molecule has 0 heterocycles. The third kappa shape index (κ3) is 5.71. The summed E-state index contributed by atoms with van der Waals surface area (Å²) >= 11 is 0. The van der Waals surface area contributed by atoms with Crippen LogP contribution < -0.4 is 5.73 Å². The first kappa shape index (κ1) is 14.6. The van der Waals surface area contributed by atoms with Gasteiger partial charge in [-0.15, -0.1) is 0 Å². The van der Waals surface area contributed by atoms with Crippen LogP contribution in [0.1, 0.15) is 38.7 Å². The predicted molar refractivity (Wildman–Crippen MR) is 74.2 cm³/mol. The number of aryl methyl sites for hydroxylation is 1. The molecule has 0 saturated carbocycles. The molecular formula is C15H23NO2. The summed E-state index contributed by atoms with van der Waals surface area (Å²) in [6.07, 6.45) is 3.33. The monoisotopic (exact) mass is 249 g/mol. The molecule has 1 atom stereocenters. The average molecular weight is 249 g/mol. The molecule has 0 aliphatic carbocycles. The third-order valence-corrected chi connectivity index (χ3v) is 2.88. The van der Waals surface area contributed by atoms with Gasteiger partial charge in [0.15, 0.2) is 0 Å². The number of nitrogens with two attached hydrogens (primary N) is 1. The van der Waals surface area contributed by atoms with Crippen molar-refractivity contribution in [2.75, 3.05) is 12.3 Å². The van der Waals surface area contributed by atoms with Gasteiger partial charge < -0.3 is 10.5 Å². The Balaban J connectivity index is 2.25. The number of esters is 1. The van der Waals surface area contributed by atoms with Crippen molar-refractivity contribution in [3.8, 4) is 0 Å². The Labute approximate surface area is 109 Å². The summed E-state index contributed by atoms with van der Waals surface area (Å²) in [6, 6.07) is 7.61. The van der Waals surface area contributed by atoms with E-state index in [2.05, 4.69) is 13.8 Å². The molecule has 3 nitrogen and oxygen atoms in total. The maximum absolute atomic E-state index is 11.6. The lowest BCUT2D eigenvalue weighted by molar-refractivity contribution is -0.144. The van der Waals surface area contributed by atoms with E-state index >= 15 is 0 Å². The number of ether oxygens (including phenoxy) is 1. The van der Waals surface area contributed by atoms with Crippen LogP contribution in [0.5, 0.6) is 0 Å². The second-order valence-electron chi connectivity index (χ2n) is 4.82. The number of nitrogen functional groups attached to an aromatic ring is 1. The van der Waals surface area contributed by atoms with Gasteiger partial charge in [-0.3, -0.25) is 4.79 Å². The fourth-order valence-electron chi connectivity index (χ4n) is 1.88. The number of benzene rings is 1. The first-order chi connectivity index (χ1) is 8.61. The highest BCUT2D eigenvalue weighted by atomic mass is 16.5.